The highest BCUT2D eigenvalue weighted by Crippen LogP contribution is 2.38. The Bertz CT molecular complexity index is 554. The fraction of sp³-hybridized carbons (Fsp3) is 0.333. The molecule has 4 nitrogen and oxygen atoms in total. The first-order chi connectivity index (χ1) is 9.17. The van der Waals surface area contributed by atoms with Crippen LogP contribution in [-0.4, -0.2) is 24.2 Å². The zero-order valence-electron chi connectivity index (χ0n) is 11.7. The third-order valence-corrected chi connectivity index (χ3v) is 3.05. The molecule has 0 bridgehead atoms. The first-order valence-electron chi connectivity index (χ1n) is 6.18. The molecule has 0 N–H and O–H groups in total. The molecule has 0 saturated heterocycles. The normalized spacial score (nSPS) is 10.6. The predicted molar refractivity (Wildman–Crippen MR) is 74.7 cm³/mol. The van der Waals surface area contributed by atoms with E-state index in [1.54, 1.807) is 26.6 Å². The first-order valence-corrected chi connectivity index (χ1v) is 6.18. The van der Waals surface area contributed by atoms with Gasteiger partial charge in [0.15, 0.2) is 0 Å². The first kappa shape index (κ1) is 13.3. The topological polar surface area (TPSA) is 44.2 Å². The van der Waals surface area contributed by atoms with Gasteiger partial charge in [-0.1, -0.05) is 13.8 Å². The van der Waals surface area contributed by atoms with E-state index in [4.69, 9.17) is 9.47 Å². The van der Waals surface area contributed by atoms with Gasteiger partial charge in [-0.15, -0.1) is 0 Å². The molecule has 1 aromatic carbocycles. The van der Waals surface area contributed by atoms with Gasteiger partial charge in [0.25, 0.3) is 0 Å². The Balaban J connectivity index is 2.61. The standard InChI is InChI=1S/C15H18N2O2/c1-10(2)12-5-15(19-4)13(6-14(12)18-3)11-7-16-9-17-8-11/h5-10H,1-4H3. The van der Waals surface area contributed by atoms with Crippen molar-refractivity contribution in [2.24, 2.45) is 0 Å². The Morgan fingerprint density at radius 1 is 0.947 bits per heavy atom. The van der Waals surface area contributed by atoms with Crippen LogP contribution in [0.25, 0.3) is 11.1 Å². The van der Waals surface area contributed by atoms with Crippen LogP contribution in [0.4, 0.5) is 0 Å². The van der Waals surface area contributed by atoms with Crippen LogP contribution in [0.5, 0.6) is 11.5 Å². The van der Waals surface area contributed by atoms with Gasteiger partial charge < -0.3 is 9.47 Å². The number of aromatic nitrogens is 2. The van der Waals surface area contributed by atoms with Crippen LogP contribution in [0, 0.1) is 0 Å². The van der Waals surface area contributed by atoms with E-state index in [2.05, 4.69) is 23.8 Å². The molecule has 2 rings (SSSR count). The molecule has 0 atom stereocenters. The van der Waals surface area contributed by atoms with E-state index in [9.17, 15) is 0 Å². The summed E-state index contributed by atoms with van der Waals surface area (Å²) >= 11 is 0. The molecule has 0 radical (unpaired) electrons. The molecule has 1 aromatic heterocycles. The summed E-state index contributed by atoms with van der Waals surface area (Å²) in [4.78, 5) is 8.08. The molecule has 19 heavy (non-hydrogen) atoms. The lowest BCUT2D eigenvalue weighted by atomic mass is 9.97. The van der Waals surface area contributed by atoms with Gasteiger partial charge in [0.05, 0.1) is 14.2 Å². The van der Waals surface area contributed by atoms with E-state index in [1.807, 2.05) is 12.1 Å². The van der Waals surface area contributed by atoms with Crippen molar-refractivity contribution in [1.82, 2.24) is 9.97 Å². The molecule has 100 valence electrons. The molecule has 0 aliphatic carbocycles. The van der Waals surface area contributed by atoms with Crippen LogP contribution in [0.2, 0.25) is 0 Å². The largest absolute Gasteiger partial charge is 0.496 e. The van der Waals surface area contributed by atoms with Crippen molar-refractivity contribution in [1.29, 1.82) is 0 Å². The van der Waals surface area contributed by atoms with Crippen LogP contribution in [0.1, 0.15) is 25.3 Å². The SMILES string of the molecule is COc1cc(C(C)C)c(OC)cc1-c1cncnc1. The number of methoxy groups -OCH3 is 2. The van der Waals surface area contributed by atoms with E-state index in [1.165, 1.54) is 6.33 Å². The summed E-state index contributed by atoms with van der Waals surface area (Å²) < 4.78 is 11.0. The fourth-order valence-electron chi connectivity index (χ4n) is 2.04. The maximum atomic E-state index is 5.48. The monoisotopic (exact) mass is 258 g/mol. The van der Waals surface area contributed by atoms with Crippen molar-refractivity contribution in [3.05, 3.63) is 36.4 Å². The third kappa shape index (κ3) is 2.67. The van der Waals surface area contributed by atoms with Crippen molar-refractivity contribution in [2.45, 2.75) is 19.8 Å². The lowest BCUT2D eigenvalue weighted by Gasteiger charge is -2.16. The summed E-state index contributed by atoms with van der Waals surface area (Å²) in [5.74, 6) is 2.03. The van der Waals surface area contributed by atoms with E-state index in [-0.39, 0.29) is 0 Å². The molecule has 0 unspecified atom stereocenters. The third-order valence-electron chi connectivity index (χ3n) is 3.05. The van der Waals surface area contributed by atoms with E-state index in [0.717, 1.165) is 28.2 Å². The van der Waals surface area contributed by atoms with Crippen molar-refractivity contribution in [3.8, 4) is 22.6 Å². The van der Waals surface area contributed by atoms with Crippen molar-refractivity contribution in [2.75, 3.05) is 14.2 Å². The van der Waals surface area contributed by atoms with Crippen molar-refractivity contribution >= 4 is 0 Å². The van der Waals surface area contributed by atoms with Crippen LogP contribution < -0.4 is 9.47 Å². The summed E-state index contributed by atoms with van der Waals surface area (Å²) in [7, 11) is 3.35. The maximum Gasteiger partial charge on any atom is 0.127 e. The molecule has 4 heteroatoms. The zero-order chi connectivity index (χ0) is 13.8. The van der Waals surface area contributed by atoms with Gasteiger partial charge in [-0.25, -0.2) is 9.97 Å². The van der Waals surface area contributed by atoms with Gasteiger partial charge in [-0.3, -0.25) is 0 Å². The highest BCUT2D eigenvalue weighted by Gasteiger charge is 2.15. The molecule has 0 saturated carbocycles. The average Bonchev–Trinajstić information content (AvgIpc) is 2.46. The Kier molecular flexibility index (Phi) is 4.00. The van der Waals surface area contributed by atoms with E-state index in [0.29, 0.717) is 5.92 Å². The number of hydrogen-bond acceptors (Lipinski definition) is 4. The lowest BCUT2D eigenvalue weighted by Crippen LogP contribution is -1.98. The second-order valence-electron chi connectivity index (χ2n) is 4.58. The quantitative estimate of drug-likeness (QED) is 0.844. The summed E-state index contributed by atoms with van der Waals surface area (Å²) in [5, 5.41) is 0. The molecular formula is C15H18N2O2. The van der Waals surface area contributed by atoms with Crippen LogP contribution in [0.15, 0.2) is 30.9 Å². The van der Waals surface area contributed by atoms with Gasteiger partial charge in [0, 0.05) is 29.1 Å². The molecule has 0 aliphatic rings. The molecule has 0 aliphatic heterocycles. The van der Waals surface area contributed by atoms with Crippen molar-refractivity contribution in [3.63, 3.8) is 0 Å². The highest BCUT2D eigenvalue weighted by atomic mass is 16.5. The molecule has 0 spiro atoms. The number of ether oxygens (including phenoxy) is 2. The highest BCUT2D eigenvalue weighted by molar-refractivity contribution is 5.72. The smallest absolute Gasteiger partial charge is 0.127 e. The summed E-state index contributed by atoms with van der Waals surface area (Å²) in [6.45, 7) is 4.26. The number of hydrogen-bond donors (Lipinski definition) is 0. The second kappa shape index (κ2) is 5.69. The minimum absolute atomic E-state index is 0.366. The molecular weight excluding hydrogens is 240 g/mol. The minimum Gasteiger partial charge on any atom is -0.496 e. The van der Waals surface area contributed by atoms with Gasteiger partial charge in [-0.05, 0) is 18.1 Å². The van der Waals surface area contributed by atoms with Gasteiger partial charge in [0.1, 0.15) is 17.8 Å². The van der Waals surface area contributed by atoms with Gasteiger partial charge in [-0.2, -0.15) is 0 Å². The minimum atomic E-state index is 0.366. The summed E-state index contributed by atoms with van der Waals surface area (Å²) in [6.07, 6.45) is 5.04. The van der Waals surface area contributed by atoms with Crippen molar-refractivity contribution < 1.29 is 9.47 Å². The number of nitrogens with zero attached hydrogens (tertiary/aromatic N) is 2. The van der Waals surface area contributed by atoms with Crippen LogP contribution in [-0.2, 0) is 0 Å². The Morgan fingerprint density at radius 2 is 1.58 bits per heavy atom. The summed E-state index contributed by atoms with van der Waals surface area (Å²) in [5.41, 5.74) is 2.97. The Labute approximate surface area is 113 Å². The molecule has 1 heterocycles. The van der Waals surface area contributed by atoms with Crippen LogP contribution in [0.3, 0.4) is 0 Å². The molecule has 2 aromatic rings. The summed E-state index contributed by atoms with van der Waals surface area (Å²) in [6, 6.07) is 4.00. The van der Waals surface area contributed by atoms with E-state index < -0.39 is 0 Å². The zero-order valence-corrected chi connectivity index (χ0v) is 11.7. The predicted octanol–water partition coefficient (Wildman–Crippen LogP) is 3.28. The molecule has 0 fully saturated rings. The Hall–Kier alpha value is -2.10. The number of benzene rings is 1. The second-order valence-corrected chi connectivity index (χ2v) is 4.58. The lowest BCUT2D eigenvalue weighted by molar-refractivity contribution is 0.398. The van der Waals surface area contributed by atoms with Gasteiger partial charge in [0.2, 0.25) is 0 Å². The van der Waals surface area contributed by atoms with E-state index >= 15 is 0 Å². The van der Waals surface area contributed by atoms with Gasteiger partial charge >= 0.3 is 0 Å². The average molecular weight is 258 g/mol. The maximum absolute atomic E-state index is 5.48. The fourth-order valence-corrected chi connectivity index (χ4v) is 2.04. The Morgan fingerprint density at radius 3 is 2.11 bits per heavy atom. The molecule has 0 amide bonds. The number of rotatable bonds is 4. The van der Waals surface area contributed by atoms with Crippen LogP contribution >= 0.6 is 0 Å².